The molecule has 0 aliphatic heterocycles. The first kappa shape index (κ1) is 5.23. The Morgan fingerprint density at radius 1 is 1.38 bits per heavy atom. The molecule has 0 aromatic carbocycles. The highest BCUT2D eigenvalue weighted by molar-refractivity contribution is 5.44. The van der Waals surface area contributed by atoms with Gasteiger partial charge in [0.25, 0.3) is 0 Å². The van der Waals surface area contributed by atoms with Gasteiger partial charge in [-0.3, -0.25) is 0 Å². The van der Waals surface area contributed by atoms with Gasteiger partial charge in [-0.05, 0) is 13.5 Å². The van der Waals surface area contributed by atoms with Crippen LogP contribution in [0.15, 0.2) is 36.5 Å². The summed E-state index contributed by atoms with van der Waals surface area (Å²) in [6.45, 7) is 5.81. The summed E-state index contributed by atoms with van der Waals surface area (Å²) < 4.78 is 0. The Labute approximate surface area is 50.2 Å². The molecule has 0 saturated carbocycles. The van der Waals surface area contributed by atoms with E-state index >= 15 is 0 Å². The molecule has 0 fully saturated rings. The second kappa shape index (κ2) is 1.91. The highest BCUT2D eigenvalue weighted by Gasteiger charge is 2.09. The standard InChI is InChI=1S/C8H9/c1-7(2)8-5-3-4-6-8/h3-6H,1H2,2H3/q+1. The van der Waals surface area contributed by atoms with Crippen molar-refractivity contribution in [3.63, 3.8) is 0 Å². The Morgan fingerprint density at radius 2 is 1.88 bits per heavy atom. The summed E-state index contributed by atoms with van der Waals surface area (Å²) in [6, 6.07) is 0. The van der Waals surface area contributed by atoms with Crippen molar-refractivity contribution in [2.45, 2.75) is 6.92 Å². The maximum atomic E-state index is 3.80. The minimum atomic E-state index is 1.13. The summed E-state index contributed by atoms with van der Waals surface area (Å²) >= 11 is 0. The van der Waals surface area contributed by atoms with Crippen LogP contribution in [0.1, 0.15) is 6.92 Å². The third kappa shape index (κ3) is 0.836. The van der Waals surface area contributed by atoms with E-state index in [0.717, 1.165) is 5.57 Å². The Bertz CT molecular complexity index is 137. The Hall–Kier alpha value is -0.910. The molecule has 0 aromatic rings. The van der Waals surface area contributed by atoms with Crippen molar-refractivity contribution in [2.75, 3.05) is 0 Å². The van der Waals surface area contributed by atoms with Crippen LogP contribution in [0, 0.1) is 5.92 Å². The fourth-order valence-corrected chi connectivity index (χ4v) is 0.659. The van der Waals surface area contributed by atoms with Crippen LogP contribution in [0.5, 0.6) is 0 Å². The van der Waals surface area contributed by atoms with Gasteiger partial charge < -0.3 is 0 Å². The molecule has 0 saturated heterocycles. The lowest BCUT2D eigenvalue weighted by Crippen LogP contribution is -1.83. The van der Waals surface area contributed by atoms with Gasteiger partial charge in [-0.1, -0.05) is 0 Å². The van der Waals surface area contributed by atoms with Gasteiger partial charge in [-0.25, -0.2) is 0 Å². The summed E-state index contributed by atoms with van der Waals surface area (Å²) in [5, 5.41) is 0. The van der Waals surface area contributed by atoms with Crippen molar-refractivity contribution in [2.24, 2.45) is 0 Å². The van der Waals surface area contributed by atoms with Crippen molar-refractivity contribution in [1.29, 1.82) is 0 Å². The SMILES string of the molecule is C=C(C)[C+]1C=CC=C1. The molecule has 1 rings (SSSR count). The normalized spacial score (nSPS) is 15.4. The van der Waals surface area contributed by atoms with Gasteiger partial charge in [-0.15, -0.1) is 0 Å². The molecule has 0 spiro atoms. The molecule has 0 heterocycles. The lowest BCUT2D eigenvalue weighted by molar-refractivity contribution is 1.34. The van der Waals surface area contributed by atoms with Crippen LogP contribution < -0.4 is 0 Å². The number of rotatable bonds is 1. The van der Waals surface area contributed by atoms with Gasteiger partial charge in [0.2, 0.25) is 0 Å². The molecule has 0 N–H and O–H groups in total. The van der Waals surface area contributed by atoms with E-state index in [2.05, 4.69) is 18.7 Å². The largest absolute Gasteiger partial charge is 0.0654 e. The van der Waals surface area contributed by atoms with Crippen LogP contribution in [0.3, 0.4) is 0 Å². The van der Waals surface area contributed by atoms with Gasteiger partial charge in [-0.2, -0.15) is 0 Å². The van der Waals surface area contributed by atoms with Crippen LogP contribution in [0.2, 0.25) is 0 Å². The second-order valence-corrected chi connectivity index (χ2v) is 1.95. The summed E-state index contributed by atoms with van der Waals surface area (Å²) in [5.41, 5.74) is 1.13. The second-order valence-electron chi connectivity index (χ2n) is 1.95. The van der Waals surface area contributed by atoms with Crippen molar-refractivity contribution in [1.82, 2.24) is 0 Å². The summed E-state index contributed by atoms with van der Waals surface area (Å²) in [5.74, 6) is 1.24. The quantitative estimate of drug-likeness (QED) is 0.449. The van der Waals surface area contributed by atoms with Crippen LogP contribution in [0.4, 0.5) is 0 Å². The van der Waals surface area contributed by atoms with E-state index in [0.29, 0.717) is 0 Å². The zero-order chi connectivity index (χ0) is 5.98. The van der Waals surface area contributed by atoms with Crippen LogP contribution in [-0.2, 0) is 0 Å². The molecule has 40 valence electrons. The van der Waals surface area contributed by atoms with E-state index < -0.39 is 0 Å². The molecule has 8 heavy (non-hydrogen) atoms. The molecule has 1 aliphatic carbocycles. The predicted molar refractivity (Wildman–Crippen MR) is 36.3 cm³/mol. The van der Waals surface area contributed by atoms with E-state index in [1.54, 1.807) is 0 Å². The first-order valence-corrected chi connectivity index (χ1v) is 2.68. The molecule has 0 bridgehead atoms. The Morgan fingerprint density at radius 3 is 2.12 bits per heavy atom. The first-order valence-electron chi connectivity index (χ1n) is 2.68. The third-order valence-electron chi connectivity index (χ3n) is 1.16. The molecule has 0 aromatic heterocycles. The predicted octanol–water partition coefficient (Wildman–Crippen LogP) is 2.26. The first-order chi connectivity index (χ1) is 3.80. The highest BCUT2D eigenvalue weighted by atomic mass is 14.1. The van der Waals surface area contributed by atoms with E-state index in [9.17, 15) is 0 Å². The minimum Gasteiger partial charge on any atom is -0.0301 e. The zero-order valence-electron chi connectivity index (χ0n) is 5.02. The summed E-state index contributed by atoms with van der Waals surface area (Å²) in [6.07, 6.45) is 8.15. The maximum Gasteiger partial charge on any atom is 0.0654 e. The highest BCUT2D eigenvalue weighted by Crippen LogP contribution is 2.18. The van der Waals surface area contributed by atoms with E-state index in [1.165, 1.54) is 5.92 Å². The fraction of sp³-hybridized carbons (Fsp3) is 0.125. The van der Waals surface area contributed by atoms with Crippen molar-refractivity contribution >= 4 is 0 Å². The lowest BCUT2D eigenvalue weighted by atomic mass is 10.1. The summed E-state index contributed by atoms with van der Waals surface area (Å²) in [4.78, 5) is 0. The van der Waals surface area contributed by atoms with E-state index in [1.807, 2.05) is 19.1 Å². The summed E-state index contributed by atoms with van der Waals surface area (Å²) in [7, 11) is 0. The van der Waals surface area contributed by atoms with Crippen LogP contribution in [-0.4, -0.2) is 0 Å². The monoisotopic (exact) mass is 105 g/mol. The number of hydrogen-bond donors (Lipinski definition) is 0. The Balaban J connectivity index is 2.62. The molecular formula is C8H9+. The lowest BCUT2D eigenvalue weighted by Gasteiger charge is -1.92. The molecule has 0 heteroatoms. The average molecular weight is 105 g/mol. The Kier molecular flexibility index (Phi) is 1.25. The molecule has 0 radical (unpaired) electrons. The van der Waals surface area contributed by atoms with Gasteiger partial charge >= 0.3 is 0 Å². The van der Waals surface area contributed by atoms with Crippen molar-refractivity contribution < 1.29 is 0 Å². The molecule has 0 atom stereocenters. The maximum absolute atomic E-state index is 3.80. The van der Waals surface area contributed by atoms with Crippen LogP contribution >= 0.6 is 0 Å². The average Bonchev–Trinajstić information content (AvgIpc) is 2.12. The van der Waals surface area contributed by atoms with E-state index in [4.69, 9.17) is 0 Å². The van der Waals surface area contributed by atoms with Crippen molar-refractivity contribution in [3.05, 3.63) is 42.4 Å². The third-order valence-corrected chi connectivity index (χ3v) is 1.16. The molecular weight excluding hydrogens is 96.1 g/mol. The van der Waals surface area contributed by atoms with Crippen LogP contribution in [0.25, 0.3) is 0 Å². The zero-order valence-corrected chi connectivity index (χ0v) is 5.02. The molecule has 0 amide bonds. The topological polar surface area (TPSA) is 0 Å². The van der Waals surface area contributed by atoms with Crippen molar-refractivity contribution in [3.8, 4) is 0 Å². The fourth-order valence-electron chi connectivity index (χ4n) is 0.659. The molecule has 0 unspecified atom stereocenters. The van der Waals surface area contributed by atoms with Gasteiger partial charge in [0.1, 0.15) is 0 Å². The molecule has 1 aliphatic rings. The van der Waals surface area contributed by atoms with Gasteiger partial charge in [0.05, 0.1) is 5.92 Å². The minimum absolute atomic E-state index is 1.13. The number of allylic oxidation sites excluding steroid dienone is 5. The van der Waals surface area contributed by atoms with E-state index in [-0.39, 0.29) is 0 Å². The number of hydrogen-bond acceptors (Lipinski definition) is 0. The molecule has 0 nitrogen and oxygen atoms in total. The van der Waals surface area contributed by atoms with Gasteiger partial charge in [0.15, 0.2) is 0 Å². The smallest absolute Gasteiger partial charge is 0.0301 e. The van der Waals surface area contributed by atoms with Gasteiger partial charge in [0, 0.05) is 29.9 Å².